The Kier molecular flexibility index (Phi) is 3.18. The number of hydrogen-bond acceptors (Lipinski definition) is 7. The Bertz CT molecular complexity index is 184. The molecular formula is C6H12O6S. The lowest BCUT2D eigenvalue weighted by atomic mass is 9.99. The van der Waals surface area contributed by atoms with Crippen molar-refractivity contribution < 1.29 is 30.3 Å². The first kappa shape index (κ1) is 11.2. The van der Waals surface area contributed by atoms with Gasteiger partial charge in [-0.05, 0) is 0 Å². The molecule has 1 heterocycles. The van der Waals surface area contributed by atoms with Crippen LogP contribution in [-0.2, 0) is 4.74 Å². The predicted molar refractivity (Wildman–Crippen MR) is 43.9 cm³/mol. The molecule has 5 atom stereocenters. The maximum absolute atomic E-state index is 9.24. The van der Waals surface area contributed by atoms with Gasteiger partial charge in [0.05, 0.1) is 6.61 Å². The van der Waals surface area contributed by atoms with E-state index in [1.807, 2.05) is 0 Å². The largest absolute Gasteiger partial charge is 0.394 e. The molecule has 0 aromatic rings. The lowest BCUT2D eigenvalue weighted by molar-refractivity contribution is -0.304. The van der Waals surface area contributed by atoms with E-state index in [0.717, 1.165) is 0 Å². The number of aliphatic hydroxyl groups excluding tert-OH is 4. The van der Waals surface area contributed by atoms with Gasteiger partial charge in [0.1, 0.15) is 24.4 Å². The zero-order chi connectivity index (χ0) is 10.2. The molecular weight excluding hydrogens is 200 g/mol. The monoisotopic (exact) mass is 212 g/mol. The van der Waals surface area contributed by atoms with Gasteiger partial charge in [-0.3, -0.25) is 0 Å². The summed E-state index contributed by atoms with van der Waals surface area (Å²) in [6.45, 7) is -0.589. The third-order valence-corrected chi connectivity index (χ3v) is 2.31. The number of rotatable bonds is 1. The van der Waals surface area contributed by atoms with Gasteiger partial charge in [0.2, 0.25) is 5.12 Å². The van der Waals surface area contributed by atoms with E-state index >= 15 is 0 Å². The van der Waals surface area contributed by atoms with Crippen LogP contribution in [0.4, 0.5) is 0 Å². The molecule has 1 rings (SSSR count). The second kappa shape index (κ2) is 3.70. The number of ether oxygens (including phenoxy) is 1. The van der Waals surface area contributed by atoms with Gasteiger partial charge in [-0.2, -0.15) is 0 Å². The van der Waals surface area contributed by atoms with E-state index in [1.54, 1.807) is 0 Å². The minimum atomic E-state index is -2.26. The Morgan fingerprint density at radius 3 is 2.23 bits per heavy atom. The molecule has 0 saturated carbocycles. The van der Waals surface area contributed by atoms with E-state index in [-0.39, 0.29) is 0 Å². The highest BCUT2D eigenvalue weighted by atomic mass is 32.1. The third-order valence-electron chi connectivity index (χ3n) is 1.94. The first-order chi connectivity index (χ1) is 5.90. The molecule has 0 spiro atoms. The van der Waals surface area contributed by atoms with E-state index in [0.29, 0.717) is 0 Å². The maximum atomic E-state index is 9.24. The van der Waals surface area contributed by atoms with Gasteiger partial charge in [-0.1, -0.05) is 0 Å². The highest BCUT2D eigenvalue weighted by Crippen LogP contribution is 2.30. The van der Waals surface area contributed by atoms with Crippen LogP contribution in [0.15, 0.2) is 0 Å². The van der Waals surface area contributed by atoms with E-state index in [2.05, 4.69) is 17.4 Å². The van der Waals surface area contributed by atoms with Crippen LogP contribution in [0.2, 0.25) is 0 Å². The Labute approximate surface area is 79.8 Å². The Morgan fingerprint density at radius 2 is 1.77 bits per heavy atom. The number of aliphatic hydroxyl groups is 5. The molecule has 1 saturated heterocycles. The van der Waals surface area contributed by atoms with Crippen LogP contribution in [0.1, 0.15) is 0 Å². The summed E-state index contributed by atoms with van der Waals surface area (Å²) in [5.74, 6) is 0. The van der Waals surface area contributed by atoms with Crippen LogP contribution < -0.4 is 0 Å². The molecule has 13 heavy (non-hydrogen) atoms. The second-order valence-corrected chi connectivity index (χ2v) is 3.56. The first-order valence-electron chi connectivity index (χ1n) is 3.67. The van der Waals surface area contributed by atoms with Crippen molar-refractivity contribution in [2.75, 3.05) is 6.61 Å². The van der Waals surface area contributed by atoms with Gasteiger partial charge >= 0.3 is 0 Å². The topological polar surface area (TPSA) is 110 Å². The summed E-state index contributed by atoms with van der Waals surface area (Å²) in [6, 6.07) is 0. The zero-order valence-electron chi connectivity index (χ0n) is 6.61. The van der Waals surface area contributed by atoms with Gasteiger partial charge in [0, 0.05) is 0 Å². The maximum Gasteiger partial charge on any atom is 0.243 e. The fraction of sp³-hybridized carbons (Fsp3) is 1.00. The van der Waals surface area contributed by atoms with Crippen LogP contribution in [-0.4, -0.2) is 61.7 Å². The third kappa shape index (κ3) is 1.96. The lowest BCUT2D eigenvalue weighted by Gasteiger charge is -2.42. The van der Waals surface area contributed by atoms with Crippen LogP contribution >= 0.6 is 12.6 Å². The number of thiol groups is 1. The molecule has 0 bridgehead atoms. The average Bonchev–Trinajstić information content (AvgIpc) is 2.08. The molecule has 1 aliphatic rings. The summed E-state index contributed by atoms with van der Waals surface area (Å²) in [5.41, 5.74) is 0. The highest BCUT2D eigenvalue weighted by molar-refractivity contribution is 7.81. The quantitative estimate of drug-likeness (QED) is 0.205. The standard InChI is InChI=1S/C6H12O6S/c7-1-2-3(8)4(9)5(10)6(11,13)12-2/h2-5,7-11,13H,1H2/t2-,3-,4+,5-,6?/m1/s1. The SMILES string of the molecule is OC[C@H]1OC(O)(S)[C@H](O)[C@@H](O)[C@@H]1O. The van der Waals surface area contributed by atoms with Crippen molar-refractivity contribution in [1.82, 2.24) is 0 Å². The van der Waals surface area contributed by atoms with Crippen LogP contribution in [0.25, 0.3) is 0 Å². The fourth-order valence-corrected chi connectivity index (χ4v) is 1.42. The molecule has 1 fully saturated rings. The molecule has 6 nitrogen and oxygen atoms in total. The summed E-state index contributed by atoms with van der Waals surface area (Å²) in [5, 5.41) is 43.2. The molecule has 0 aromatic carbocycles. The Hall–Kier alpha value is 0.110. The summed E-state index contributed by atoms with van der Waals surface area (Å²) in [4.78, 5) is 0. The molecule has 0 radical (unpaired) electrons. The minimum absolute atomic E-state index is 0.589. The smallest absolute Gasteiger partial charge is 0.243 e. The number of hydrogen-bond donors (Lipinski definition) is 6. The molecule has 1 aliphatic heterocycles. The highest BCUT2D eigenvalue weighted by Gasteiger charge is 2.50. The van der Waals surface area contributed by atoms with Crippen molar-refractivity contribution in [3.05, 3.63) is 0 Å². The average molecular weight is 212 g/mol. The predicted octanol–water partition coefficient (Wildman–Crippen LogP) is -2.96. The van der Waals surface area contributed by atoms with E-state index < -0.39 is 36.1 Å². The van der Waals surface area contributed by atoms with Crippen LogP contribution in [0.3, 0.4) is 0 Å². The zero-order valence-corrected chi connectivity index (χ0v) is 7.50. The summed E-state index contributed by atoms with van der Waals surface area (Å²) in [7, 11) is 0. The summed E-state index contributed by atoms with van der Waals surface area (Å²) < 4.78 is 4.63. The van der Waals surface area contributed by atoms with Crippen molar-refractivity contribution >= 4 is 12.6 Å². The molecule has 0 amide bonds. The summed E-state index contributed by atoms with van der Waals surface area (Å²) in [6.07, 6.45) is -5.95. The second-order valence-electron chi connectivity index (χ2n) is 2.92. The van der Waals surface area contributed by atoms with E-state index in [4.69, 9.17) is 10.2 Å². The van der Waals surface area contributed by atoms with Gasteiger partial charge in [0.15, 0.2) is 0 Å². The molecule has 78 valence electrons. The van der Waals surface area contributed by atoms with Crippen molar-refractivity contribution in [1.29, 1.82) is 0 Å². The normalized spacial score (nSPS) is 52.2. The van der Waals surface area contributed by atoms with Gasteiger partial charge in [0.25, 0.3) is 0 Å². The van der Waals surface area contributed by atoms with E-state index in [9.17, 15) is 15.3 Å². The molecule has 0 aromatic heterocycles. The van der Waals surface area contributed by atoms with Crippen molar-refractivity contribution in [2.45, 2.75) is 29.5 Å². The Morgan fingerprint density at radius 1 is 1.23 bits per heavy atom. The van der Waals surface area contributed by atoms with Crippen LogP contribution in [0.5, 0.6) is 0 Å². The van der Waals surface area contributed by atoms with Gasteiger partial charge < -0.3 is 30.3 Å². The minimum Gasteiger partial charge on any atom is -0.394 e. The molecule has 1 unspecified atom stereocenters. The van der Waals surface area contributed by atoms with Crippen molar-refractivity contribution in [3.8, 4) is 0 Å². The van der Waals surface area contributed by atoms with Crippen molar-refractivity contribution in [3.63, 3.8) is 0 Å². The summed E-state index contributed by atoms with van der Waals surface area (Å²) >= 11 is 3.53. The Balaban J connectivity index is 2.79. The lowest BCUT2D eigenvalue weighted by Crippen LogP contribution is -2.62. The molecule has 7 heteroatoms. The van der Waals surface area contributed by atoms with Crippen LogP contribution in [0, 0.1) is 0 Å². The van der Waals surface area contributed by atoms with Gasteiger partial charge in [-0.25, -0.2) is 0 Å². The molecule has 0 aliphatic carbocycles. The van der Waals surface area contributed by atoms with E-state index in [1.165, 1.54) is 0 Å². The first-order valence-corrected chi connectivity index (χ1v) is 4.12. The van der Waals surface area contributed by atoms with Crippen molar-refractivity contribution in [2.24, 2.45) is 0 Å². The van der Waals surface area contributed by atoms with Gasteiger partial charge in [-0.15, -0.1) is 12.6 Å². The molecule has 5 N–H and O–H groups in total. The fourth-order valence-electron chi connectivity index (χ4n) is 1.14.